The van der Waals surface area contributed by atoms with E-state index in [4.69, 9.17) is 0 Å². The van der Waals surface area contributed by atoms with Crippen LogP contribution in [0.15, 0.2) is 0 Å². The number of amides is 1. The number of nitrogens with one attached hydrogen (secondary N) is 3. The van der Waals surface area contributed by atoms with Crippen LogP contribution in [0.5, 0.6) is 0 Å². The number of nitrogens with zero attached hydrogens (tertiary/aromatic N) is 2. The molecule has 3 N–H and O–H groups in total. The lowest BCUT2D eigenvalue weighted by Gasteiger charge is -2.09. The summed E-state index contributed by atoms with van der Waals surface area (Å²) in [5.41, 5.74) is 0.0767. The normalized spacial score (nSPS) is 17.6. The summed E-state index contributed by atoms with van der Waals surface area (Å²) in [5.74, 6) is -0.487. The summed E-state index contributed by atoms with van der Waals surface area (Å²) in [6.45, 7) is 3.44. The van der Waals surface area contributed by atoms with Gasteiger partial charge in [0.15, 0.2) is 0 Å². The van der Waals surface area contributed by atoms with E-state index in [1.54, 1.807) is 0 Å². The summed E-state index contributed by atoms with van der Waals surface area (Å²) < 4.78 is 0. The number of carbonyl (C=O) groups is 1. The van der Waals surface area contributed by atoms with Crippen LogP contribution in [0.1, 0.15) is 35.9 Å². The molecule has 2 heterocycles. The minimum atomic E-state index is -0.545. The van der Waals surface area contributed by atoms with Gasteiger partial charge in [0, 0.05) is 12.6 Å². The number of nitro groups is 1. The van der Waals surface area contributed by atoms with Crippen LogP contribution in [0.4, 0.5) is 5.69 Å². The molecular weight excluding hydrogens is 286 g/mol. The molecule has 1 fully saturated rings. The van der Waals surface area contributed by atoms with Crippen LogP contribution >= 0.6 is 12.4 Å². The number of aromatic amines is 1. The van der Waals surface area contributed by atoms with Gasteiger partial charge in [0.05, 0.1) is 4.92 Å². The number of carbonyl (C=O) groups excluding carboxylic acids is 1. The SMILES string of the molecule is CCCc1[nH]nc(C(=O)NC2CCNC2)c1[N+](=O)[O-].Cl. The largest absolute Gasteiger partial charge is 0.346 e. The fourth-order valence-electron chi connectivity index (χ4n) is 2.18. The lowest BCUT2D eigenvalue weighted by molar-refractivity contribution is -0.385. The number of hydrogen-bond acceptors (Lipinski definition) is 5. The van der Waals surface area contributed by atoms with Crippen molar-refractivity contribution in [1.29, 1.82) is 0 Å². The van der Waals surface area contributed by atoms with Crippen LogP contribution in [0, 0.1) is 10.1 Å². The summed E-state index contributed by atoms with van der Waals surface area (Å²) in [6, 6.07) is 0.0124. The standard InChI is InChI=1S/C11H17N5O3.ClH/c1-2-3-8-10(16(18)19)9(15-14-8)11(17)13-7-4-5-12-6-7;/h7,12H,2-6H2,1H3,(H,13,17)(H,14,15);1H. The molecule has 20 heavy (non-hydrogen) atoms. The van der Waals surface area contributed by atoms with Gasteiger partial charge in [-0.15, -0.1) is 12.4 Å². The van der Waals surface area contributed by atoms with Gasteiger partial charge in [0.2, 0.25) is 5.69 Å². The highest BCUT2D eigenvalue weighted by Crippen LogP contribution is 2.22. The molecule has 1 unspecified atom stereocenters. The van der Waals surface area contributed by atoms with Crippen LogP contribution in [-0.2, 0) is 6.42 Å². The van der Waals surface area contributed by atoms with E-state index in [0.29, 0.717) is 18.7 Å². The molecule has 9 heteroatoms. The molecule has 1 amide bonds. The lowest BCUT2D eigenvalue weighted by Crippen LogP contribution is -2.36. The molecular formula is C11H18ClN5O3. The Bertz CT molecular complexity index is 484. The molecule has 1 saturated heterocycles. The van der Waals surface area contributed by atoms with E-state index < -0.39 is 10.8 Å². The van der Waals surface area contributed by atoms with Crippen LogP contribution in [0.25, 0.3) is 0 Å². The van der Waals surface area contributed by atoms with E-state index in [2.05, 4.69) is 20.8 Å². The minimum Gasteiger partial charge on any atom is -0.346 e. The Kier molecular flexibility index (Phi) is 5.90. The molecule has 1 aromatic rings. The minimum absolute atomic E-state index is 0. The number of hydrogen-bond donors (Lipinski definition) is 3. The Labute approximate surface area is 122 Å². The third-order valence-electron chi connectivity index (χ3n) is 3.11. The van der Waals surface area contributed by atoms with Gasteiger partial charge >= 0.3 is 5.69 Å². The number of rotatable bonds is 5. The second-order valence-electron chi connectivity index (χ2n) is 4.57. The van der Waals surface area contributed by atoms with Crippen molar-refractivity contribution in [3.8, 4) is 0 Å². The van der Waals surface area contributed by atoms with Gasteiger partial charge in [0.1, 0.15) is 5.69 Å². The molecule has 1 atom stereocenters. The first-order valence-corrected chi connectivity index (χ1v) is 6.36. The average Bonchev–Trinajstić information content (AvgIpc) is 2.98. The zero-order valence-corrected chi connectivity index (χ0v) is 12.0. The fourth-order valence-corrected chi connectivity index (χ4v) is 2.18. The van der Waals surface area contributed by atoms with Crippen molar-refractivity contribution in [3.05, 3.63) is 21.5 Å². The highest BCUT2D eigenvalue weighted by atomic mass is 35.5. The van der Waals surface area contributed by atoms with Gasteiger partial charge in [-0.3, -0.25) is 20.0 Å². The monoisotopic (exact) mass is 303 g/mol. The molecule has 0 spiro atoms. The molecule has 0 bridgehead atoms. The van der Waals surface area contributed by atoms with Crippen LogP contribution < -0.4 is 10.6 Å². The first-order chi connectivity index (χ1) is 9.13. The van der Waals surface area contributed by atoms with Crippen molar-refractivity contribution in [3.63, 3.8) is 0 Å². The maximum Gasteiger partial charge on any atom is 0.322 e. The van der Waals surface area contributed by atoms with Crippen molar-refractivity contribution < 1.29 is 9.72 Å². The second kappa shape index (κ2) is 7.20. The third-order valence-corrected chi connectivity index (χ3v) is 3.11. The Morgan fingerprint density at radius 1 is 1.60 bits per heavy atom. The quantitative estimate of drug-likeness (QED) is 0.549. The summed E-state index contributed by atoms with van der Waals surface area (Å²) in [5, 5.41) is 23.3. The zero-order valence-electron chi connectivity index (χ0n) is 11.1. The molecule has 2 rings (SSSR count). The Hall–Kier alpha value is -1.67. The molecule has 0 radical (unpaired) electrons. The molecule has 1 aromatic heterocycles. The summed E-state index contributed by atoms with van der Waals surface area (Å²) in [6.07, 6.45) is 2.07. The Morgan fingerprint density at radius 3 is 2.90 bits per heavy atom. The van der Waals surface area contributed by atoms with Crippen molar-refractivity contribution in [1.82, 2.24) is 20.8 Å². The maximum absolute atomic E-state index is 12.0. The van der Waals surface area contributed by atoms with E-state index in [0.717, 1.165) is 19.4 Å². The summed E-state index contributed by atoms with van der Waals surface area (Å²) >= 11 is 0. The number of aromatic nitrogens is 2. The van der Waals surface area contributed by atoms with Crippen molar-refractivity contribution in [2.75, 3.05) is 13.1 Å². The van der Waals surface area contributed by atoms with E-state index >= 15 is 0 Å². The number of halogens is 1. The lowest BCUT2D eigenvalue weighted by atomic mass is 10.2. The fraction of sp³-hybridized carbons (Fsp3) is 0.636. The van der Waals surface area contributed by atoms with Gasteiger partial charge in [0.25, 0.3) is 5.91 Å². The predicted octanol–water partition coefficient (Wildman–Crippen LogP) is 0.784. The highest BCUT2D eigenvalue weighted by Gasteiger charge is 2.30. The van der Waals surface area contributed by atoms with E-state index in [-0.39, 0.29) is 29.8 Å². The maximum atomic E-state index is 12.0. The Balaban J connectivity index is 0.00000200. The van der Waals surface area contributed by atoms with Gasteiger partial charge in [-0.25, -0.2) is 0 Å². The molecule has 8 nitrogen and oxygen atoms in total. The van der Waals surface area contributed by atoms with E-state index in [1.165, 1.54) is 0 Å². The first-order valence-electron chi connectivity index (χ1n) is 6.36. The van der Waals surface area contributed by atoms with Gasteiger partial charge in [-0.2, -0.15) is 5.10 Å². The Morgan fingerprint density at radius 2 is 2.35 bits per heavy atom. The van der Waals surface area contributed by atoms with Gasteiger partial charge < -0.3 is 10.6 Å². The average molecular weight is 304 g/mol. The molecule has 1 aliphatic rings. The van der Waals surface area contributed by atoms with Crippen molar-refractivity contribution in [2.45, 2.75) is 32.2 Å². The number of aryl methyl sites for hydroxylation is 1. The summed E-state index contributed by atoms with van der Waals surface area (Å²) in [7, 11) is 0. The third kappa shape index (κ3) is 3.45. The van der Waals surface area contributed by atoms with Crippen LogP contribution in [0.2, 0.25) is 0 Å². The topological polar surface area (TPSA) is 113 Å². The summed E-state index contributed by atoms with van der Waals surface area (Å²) in [4.78, 5) is 22.5. The van der Waals surface area contributed by atoms with Crippen molar-refractivity contribution >= 4 is 24.0 Å². The van der Waals surface area contributed by atoms with E-state index in [9.17, 15) is 14.9 Å². The molecule has 1 aliphatic heterocycles. The first kappa shape index (κ1) is 16.4. The smallest absolute Gasteiger partial charge is 0.322 e. The molecule has 0 aromatic carbocycles. The van der Waals surface area contributed by atoms with Gasteiger partial charge in [-0.1, -0.05) is 13.3 Å². The molecule has 112 valence electrons. The van der Waals surface area contributed by atoms with Crippen LogP contribution in [0.3, 0.4) is 0 Å². The second-order valence-corrected chi connectivity index (χ2v) is 4.57. The molecule has 0 saturated carbocycles. The van der Waals surface area contributed by atoms with Gasteiger partial charge in [-0.05, 0) is 19.4 Å². The number of H-pyrrole nitrogens is 1. The molecule has 0 aliphatic carbocycles. The van der Waals surface area contributed by atoms with E-state index in [1.807, 2.05) is 6.92 Å². The highest BCUT2D eigenvalue weighted by molar-refractivity contribution is 5.96. The van der Waals surface area contributed by atoms with Crippen LogP contribution in [-0.4, -0.2) is 40.2 Å². The predicted molar refractivity (Wildman–Crippen MR) is 75.2 cm³/mol. The van der Waals surface area contributed by atoms with Crippen molar-refractivity contribution in [2.24, 2.45) is 0 Å². The zero-order chi connectivity index (χ0) is 13.8.